The van der Waals surface area contributed by atoms with Gasteiger partial charge in [0.25, 0.3) is 0 Å². The van der Waals surface area contributed by atoms with Crippen LogP contribution in [0.3, 0.4) is 0 Å². The van der Waals surface area contributed by atoms with E-state index in [4.69, 9.17) is 16.1 Å². The molecule has 1 unspecified atom stereocenters. The number of thioether (sulfide) groups is 1. The number of aromatic nitrogens is 2. The van der Waals surface area contributed by atoms with Crippen LogP contribution < -0.4 is 0 Å². The van der Waals surface area contributed by atoms with Crippen molar-refractivity contribution in [2.24, 2.45) is 0 Å². The van der Waals surface area contributed by atoms with Gasteiger partial charge in [-0.1, -0.05) is 5.16 Å². The van der Waals surface area contributed by atoms with Gasteiger partial charge in [-0.05, 0) is 13.2 Å². The van der Waals surface area contributed by atoms with E-state index in [0.29, 0.717) is 11.7 Å². The summed E-state index contributed by atoms with van der Waals surface area (Å²) in [5.74, 6) is 1.95. The van der Waals surface area contributed by atoms with Gasteiger partial charge in [0.15, 0.2) is 5.82 Å². The third-order valence-electron chi connectivity index (χ3n) is 1.11. The van der Waals surface area contributed by atoms with Crippen molar-refractivity contribution in [2.75, 3.05) is 6.26 Å². The maximum Gasteiger partial charge on any atom is 0.236 e. The Kier molecular flexibility index (Phi) is 3.20. The van der Waals surface area contributed by atoms with Gasteiger partial charge in [0, 0.05) is 0 Å². The molecule has 1 atom stereocenters. The summed E-state index contributed by atoms with van der Waals surface area (Å²) in [4.78, 5) is 4.07. The molecule has 0 spiro atoms. The zero-order valence-corrected chi connectivity index (χ0v) is 7.95. The second-order valence-electron chi connectivity index (χ2n) is 2.10. The third kappa shape index (κ3) is 2.38. The summed E-state index contributed by atoms with van der Waals surface area (Å²) < 4.78 is 4.90. The van der Waals surface area contributed by atoms with Crippen LogP contribution in [-0.4, -0.2) is 16.4 Å². The molecule has 1 heterocycles. The summed E-state index contributed by atoms with van der Waals surface area (Å²) in [6.45, 7) is 1.81. The topological polar surface area (TPSA) is 38.9 Å². The molecule has 0 aliphatic rings. The monoisotopic (exact) mass is 192 g/mol. The summed E-state index contributed by atoms with van der Waals surface area (Å²) in [5, 5.41) is 3.53. The van der Waals surface area contributed by atoms with Crippen molar-refractivity contribution >= 4 is 23.4 Å². The van der Waals surface area contributed by atoms with Crippen LogP contribution in [0.25, 0.3) is 0 Å². The molecule has 0 aliphatic carbocycles. The van der Waals surface area contributed by atoms with Crippen molar-refractivity contribution in [3.8, 4) is 0 Å². The molecule has 1 rings (SSSR count). The highest BCUT2D eigenvalue weighted by Gasteiger charge is 2.09. The molecule has 0 radical (unpaired) electrons. The fourth-order valence-electron chi connectivity index (χ4n) is 0.612. The number of nitrogens with zero attached hydrogens (tertiary/aromatic N) is 2. The van der Waals surface area contributed by atoms with E-state index in [0.717, 1.165) is 5.75 Å². The molecule has 0 aliphatic heterocycles. The third-order valence-corrected chi connectivity index (χ3v) is 1.84. The highest BCUT2D eigenvalue weighted by molar-refractivity contribution is 7.97. The lowest BCUT2D eigenvalue weighted by molar-refractivity contribution is 0.385. The van der Waals surface area contributed by atoms with E-state index in [-0.39, 0.29) is 5.38 Å². The Morgan fingerprint density at radius 3 is 2.91 bits per heavy atom. The van der Waals surface area contributed by atoms with Gasteiger partial charge in [0.2, 0.25) is 5.89 Å². The predicted octanol–water partition coefficient (Wildman–Crippen LogP) is 2.23. The maximum atomic E-state index is 5.72. The van der Waals surface area contributed by atoms with E-state index in [1.54, 1.807) is 11.8 Å². The van der Waals surface area contributed by atoms with Gasteiger partial charge in [-0.3, -0.25) is 0 Å². The summed E-state index contributed by atoms with van der Waals surface area (Å²) >= 11 is 7.37. The van der Waals surface area contributed by atoms with Crippen LogP contribution in [0, 0.1) is 0 Å². The van der Waals surface area contributed by atoms with Crippen molar-refractivity contribution in [3.05, 3.63) is 11.7 Å². The van der Waals surface area contributed by atoms with Gasteiger partial charge < -0.3 is 4.52 Å². The molecule has 1 aromatic rings. The Morgan fingerprint density at radius 1 is 1.73 bits per heavy atom. The van der Waals surface area contributed by atoms with Crippen LogP contribution in [0.5, 0.6) is 0 Å². The molecule has 0 fully saturated rings. The lowest BCUT2D eigenvalue weighted by atomic mass is 10.5. The first-order chi connectivity index (χ1) is 5.24. The minimum absolute atomic E-state index is 0.172. The normalized spacial score (nSPS) is 13.4. The standard InChI is InChI=1S/C6H9ClN2OS/c1-4(7)6-8-5(3-11-2)10-9-6/h4H,3H2,1-2H3. The number of hydrogen-bond donors (Lipinski definition) is 0. The van der Waals surface area contributed by atoms with E-state index in [1.165, 1.54) is 0 Å². The highest BCUT2D eigenvalue weighted by atomic mass is 35.5. The lowest BCUT2D eigenvalue weighted by Crippen LogP contribution is -1.87. The number of hydrogen-bond acceptors (Lipinski definition) is 4. The average molecular weight is 193 g/mol. The Hall–Kier alpha value is -0.220. The van der Waals surface area contributed by atoms with Crippen molar-refractivity contribution in [2.45, 2.75) is 18.1 Å². The van der Waals surface area contributed by atoms with Gasteiger partial charge >= 0.3 is 0 Å². The van der Waals surface area contributed by atoms with Crippen molar-refractivity contribution in [1.82, 2.24) is 10.1 Å². The molecule has 0 saturated carbocycles. The first kappa shape index (κ1) is 8.87. The molecule has 5 heteroatoms. The van der Waals surface area contributed by atoms with Gasteiger partial charge in [-0.15, -0.1) is 11.6 Å². The van der Waals surface area contributed by atoms with Crippen LogP contribution in [0.2, 0.25) is 0 Å². The fourth-order valence-corrected chi connectivity index (χ4v) is 1.06. The van der Waals surface area contributed by atoms with Crippen molar-refractivity contribution in [3.63, 3.8) is 0 Å². The summed E-state index contributed by atoms with van der Waals surface area (Å²) in [6, 6.07) is 0. The Bertz CT molecular complexity index is 226. The molecule has 0 saturated heterocycles. The van der Waals surface area contributed by atoms with E-state index in [9.17, 15) is 0 Å². The first-order valence-corrected chi connectivity index (χ1v) is 5.02. The predicted molar refractivity (Wildman–Crippen MR) is 45.8 cm³/mol. The molecule has 62 valence electrons. The van der Waals surface area contributed by atoms with Gasteiger partial charge in [0.05, 0.1) is 11.1 Å². The summed E-state index contributed by atoms with van der Waals surface area (Å²) in [6.07, 6.45) is 1.98. The molecule has 3 nitrogen and oxygen atoms in total. The Balaban J connectivity index is 2.66. The largest absolute Gasteiger partial charge is 0.338 e. The van der Waals surface area contributed by atoms with Crippen LogP contribution in [-0.2, 0) is 5.75 Å². The molecule has 0 aromatic carbocycles. The number of alkyl halides is 1. The smallest absolute Gasteiger partial charge is 0.236 e. The van der Waals surface area contributed by atoms with Crippen LogP contribution in [0.15, 0.2) is 4.52 Å². The van der Waals surface area contributed by atoms with Gasteiger partial charge in [-0.2, -0.15) is 16.7 Å². The minimum Gasteiger partial charge on any atom is -0.338 e. The van der Waals surface area contributed by atoms with Crippen LogP contribution >= 0.6 is 23.4 Å². The molecule has 0 N–H and O–H groups in total. The maximum absolute atomic E-state index is 5.72. The lowest BCUT2D eigenvalue weighted by Gasteiger charge is -1.89. The number of rotatable bonds is 3. The van der Waals surface area contributed by atoms with E-state index in [2.05, 4.69) is 10.1 Å². The van der Waals surface area contributed by atoms with Gasteiger partial charge in [-0.25, -0.2) is 0 Å². The molecule has 0 amide bonds. The average Bonchev–Trinajstić information content (AvgIpc) is 2.37. The Labute approximate surface area is 74.5 Å². The van der Waals surface area contributed by atoms with Gasteiger partial charge in [0.1, 0.15) is 0 Å². The molecular formula is C6H9ClN2OS. The molecule has 0 bridgehead atoms. The fraction of sp³-hybridized carbons (Fsp3) is 0.667. The minimum atomic E-state index is -0.172. The highest BCUT2D eigenvalue weighted by Crippen LogP contribution is 2.16. The second kappa shape index (κ2) is 3.97. The zero-order chi connectivity index (χ0) is 8.27. The SMILES string of the molecule is CSCc1nc(C(C)Cl)no1. The molecular weight excluding hydrogens is 184 g/mol. The van der Waals surface area contributed by atoms with Crippen LogP contribution in [0.4, 0.5) is 0 Å². The van der Waals surface area contributed by atoms with Crippen LogP contribution in [0.1, 0.15) is 24.0 Å². The van der Waals surface area contributed by atoms with E-state index >= 15 is 0 Å². The van der Waals surface area contributed by atoms with Crippen molar-refractivity contribution in [1.29, 1.82) is 0 Å². The number of halogens is 1. The molecule has 11 heavy (non-hydrogen) atoms. The quantitative estimate of drug-likeness (QED) is 0.689. The van der Waals surface area contributed by atoms with E-state index < -0.39 is 0 Å². The summed E-state index contributed by atoms with van der Waals surface area (Å²) in [7, 11) is 0. The molecule has 1 aromatic heterocycles. The van der Waals surface area contributed by atoms with E-state index in [1.807, 2.05) is 13.2 Å². The first-order valence-electron chi connectivity index (χ1n) is 3.19. The second-order valence-corrected chi connectivity index (χ2v) is 3.62. The zero-order valence-electron chi connectivity index (χ0n) is 6.37. The van der Waals surface area contributed by atoms with Crippen molar-refractivity contribution < 1.29 is 4.52 Å². The summed E-state index contributed by atoms with van der Waals surface area (Å²) in [5.41, 5.74) is 0. The Morgan fingerprint density at radius 2 is 2.45 bits per heavy atom.